The van der Waals surface area contributed by atoms with Crippen molar-refractivity contribution in [3.63, 3.8) is 0 Å². The van der Waals surface area contributed by atoms with Gasteiger partial charge in [0.05, 0.1) is 23.1 Å². The molecule has 9 nitrogen and oxygen atoms in total. The maximum Gasteiger partial charge on any atom is 0.340 e. The fraction of sp³-hybridized carbons (Fsp3) is 0.133. The van der Waals surface area contributed by atoms with Crippen LogP contribution in [0.1, 0.15) is 20.7 Å². The van der Waals surface area contributed by atoms with Crippen molar-refractivity contribution in [1.82, 2.24) is 0 Å². The first-order valence-corrected chi connectivity index (χ1v) is 9.85. The number of nitrogens with one attached hydrogen (secondary N) is 2. The fourth-order valence-corrected chi connectivity index (χ4v) is 3.31. The number of esters is 1. The number of para-hydroxylation sites is 1. The lowest BCUT2D eigenvalue weighted by Gasteiger charge is -2.10. The number of nitrogens with two attached hydrogens (primary N) is 1. The molecule has 0 unspecified atom stereocenters. The van der Waals surface area contributed by atoms with Crippen LogP contribution in [0.15, 0.2) is 35.7 Å². The lowest BCUT2D eigenvalue weighted by Crippen LogP contribution is -2.23. The number of thiophene rings is 1. The smallest absolute Gasteiger partial charge is 0.340 e. The molecule has 1 heterocycles. The van der Waals surface area contributed by atoms with Gasteiger partial charge in [-0.05, 0) is 23.6 Å². The van der Waals surface area contributed by atoms with Gasteiger partial charge in [-0.2, -0.15) is 0 Å². The summed E-state index contributed by atoms with van der Waals surface area (Å²) in [7, 11) is -3.59. The second kappa shape index (κ2) is 7.97. The minimum Gasteiger partial charge on any atom is -0.452 e. The third kappa shape index (κ3) is 5.29. The van der Waals surface area contributed by atoms with Crippen LogP contribution < -0.4 is 15.8 Å². The van der Waals surface area contributed by atoms with Crippen molar-refractivity contribution in [2.75, 3.05) is 22.9 Å². The zero-order valence-electron chi connectivity index (χ0n) is 13.5. The lowest BCUT2D eigenvalue weighted by atomic mass is 10.2. The molecule has 0 saturated heterocycles. The molecule has 1 aromatic heterocycles. The number of hydrogen-bond donors (Lipinski definition) is 3. The normalized spacial score (nSPS) is 10.8. The Labute approximate surface area is 153 Å². The number of amides is 2. The number of sulfonamides is 1. The van der Waals surface area contributed by atoms with Crippen LogP contribution in [0.3, 0.4) is 0 Å². The number of anilines is 2. The van der Waals surface area contributed by atoms with E-state index in [0.717, 1.165) is 17.6 Å². The molecule has 11 heteroatoms. The van der Waals surface area contributed by atoms with Gasteiger partial charge in [-0.15, -0.1) is 11.3 Å². The molecule has 0 aliphatic rings. The highest BCUT2D eigenvalue weighted by Gasteiger charge is 2.17. The van der Waals surface area contributed by atoms with Crippen LogP contribution in [0.4, 0.5) is 10.7 Å². The Kier molecular flexibility index (Phi) is 5.95. The Morgan fingerprint density at radius 1 is 1.15 bits per heavy atom. The molecule has 1 aromatic carbocycles. The van der Waals surface area contributed by atoms with Crippen LogP contribution in [0.5, 0.6) is 0 Å². The van der Waals surface area contributed by atoms with Crippen molar-refractivity contribution in [2.45, 2.75) is 0 Å². The molecule has 0 atom stereocenters. The van der Waals surface area contributed by atoms with Crippen LogP contribution in [-0.4, -0.2) is 39.1 Å². The predicted molar refractivity (Wildman–Crippen MR) is 96.7 cm³/mol. The first-order valence-electron chi connectivity index (χ1n) is 7.08. The highest BCUT2D eigenvalue weighted by Crippen LogP contribution is 2.22. The van der Waals surface area contributed by atoms with E-state index in [1.807, 2.05) is 0 Å². The number of benzene rings is 1. The van der Waals surface area contributed by atoms with Gasteiger partial charge in [0.2, 0.25) is 10.0 Å². The molecule has 2 aromatic rings. The standard InChI is InChI=1S/C15H15N3O6S2/c1-26(22,23)18-11-5-3-2-4-9(11)15(21)24-8-12(19)17-14-10(13(16)20)6-7-25-14/h2-7,18H,8H2,1H3,(H2,16,20)(H,17,19). The minimum atomic E-state index is -3.59. The van der Waals surface area contributed by atoms with Crippen LogP contribution in [0, 0.1) is 0 Å². The van der Waals surface area contributed by atoms with E-state index < -0.39 is 34.4 Å². The summed E-state index contributed by atoms with van der Waals surface area (Å²) in [6, 6.07) is 7.27. The summed E-state index contributed by atoms with van der Waals surface area (Å²) in [5.74, 6) is -2.25. The van der Waals surface area contributed by atoms with Gasteiger partial charge in [-0.25, -0.2) is 13.2 Å². The largest absolute Gasteiger partial charge is 0.452 e. The number of primary amides is 1. The van der Waals surface area contributed by atoms with E-state index in [0.29, 0.717) is 0 Å². The molecule has 26 heavy (non-hydrogen) atoms. The molecule has 0 radical (unpaired) electrons. The van der Waals surface area contributed by atoms with Crippen LogP contribution in [-0.2, 0) is 19.6 Å². The molecule has 2 amide bonds. The molecule has 0 bridgehead atoms. The Bertz CT molecular complexity index is 952. The zero-order valence-corrected chi connectivity index (χ0v) is 15.1. The number of carbonyl (C=O) groups is 3. The lowest BCUT2D eigenvalue weighted by molar-refractivity contribution is -0.119. The third-order valence-corrected chi connectivity index (χ3v) is 4.38. The van der Waals surface area contributed by atoms with E-state index in [4.69, 9.17) is 10.5 Å². The van der Waals surface area contributed by atoms with Crippen molar-refractivity contribution in [1.29, 1.82) is 0 Å². The number of carbonyl (C=O) groups excluding carboxylic acids is 3. The number of hydrogen-bond acceptors (Lipinski definition) is 7. The molecular formula is C15H15N3O6S2. The van der Waals surface area contributed by atoms with Gasteiger partial charge in [-0.3, -0.25) is 14.3 Å². The SMILES string of the molecule is CS(=O)(=O)Nc1ccccc1C(=O)OCC(=O)Nc1sccc1C(N)=O. The summed E-state index contributed by atoms with van der Waals surface area (Å²) in [4.78, 5) is 35.2. The summed E-state index contributed by atoms with van der Waals surface area (Å²) in [6.45, 7) is -0.623. The monoisotopic (exact) mass is 397 g/mol. The zero-order chi connectivity index (χ0) is 19.3. The summed E-state index contributed by atoms with van der Waals surface area (Å²) < 4.78 is 29.8. The van der Waals surface area contributed by atoms with Crippen molar-refractivity contribution in [3.8, 4) is 0 Å². The Morgan fingerprint density at radius 2 is 1.85 bits per heavy atom. The third-order valence-electron chi connectivity index (χ3n) is 2.96. The van der Waals surface area contributed by atoms with E-state index in [1.165, 1.54) is 24.3 Å². The topological polar surface area (TPSA) is 145 Å². The van der Waals surface area contributed by atoms with E-state index >= 15 is 0 Å². The van der Waals surface area contributed by atoms with Gasteiger partial charge in [0.15, 0.2) is 6.61 Å². The maximum atomic E-state index is 12.1. The molecule has 2 rings (SSSR count). The quantitative estimate of drug-likeness (QED) is 0.595. The molecule has 0 saturated carbocycles. The molecule has 0 aliphatic carbocycles. The van der Waals surface area contributed by atoms with Crippen LogP contribution in [0.25, 0.3) is 0 Å². The summed E-state index contributed by atoms with van der Waals surface area (Å²) in [5.41, 5.74) is 5.32. The Balaban J connectivity index is 2.02. The number of ether oxygens (including phenoxy) is 1. The van der Waals surface area contributed by atoms with E-state index in [9.17, 15) is 22.8 Å². The molecule has 4 N–H and O–H groups in total. The Hall–Kier alpha value is -2.92. The summed E-state index contributed by atoms with van der Waals surface area (Å²) >= 11 is 1.10. The average Bonchev–Trinajstić information content (AvgIpc) is 3.00. The first-order chi connectivity index (χ1) is 12.2. The van der Waals surface area contributed by atoms with Crippen molar-refractivity contribution in [3.05, 3.63) is 46.8 Å². The van der Waals surface area contributed by atoms with Crippen molar-refractivity contribution in [2.24, 2.45) is 5.73 Å². The first kappa shape index (κ1) is 19.4. The predicted octanol–water partition coefficient (Wildman–Crippen LogP) is 1.01. The van der Waals surface area contributed by atoms with Crippen LogP contribution in [0.2, 0.25) is 0 Å². The van der Waals surface area contributed by atoms with Gasteiger partial charge >= 0.3 is 5.97 Å². The Morgan fingerprint density at radius 3 is 2.50 bits per heavy atom. The van der Waals surface area contributed by atoms with Gasteiger partial charge in [0.1, 0.15) is 5.00 Å². The van der Waals surface area contributed by atoms with Gasteiger partial charge in [-0.1, -0.05) is 12.1 Å². The molecular weight excluding hydrogens is 382 g/mol. The second-order valence-corrected chi connectivity index (χ2v) is 7.74. The second-order valence-electron chi connectivity index (χ2n) is 5.07. The van der Waals surface area contributed by atoms with Crippen molar-refractivity contribution < 1.29 is 27.5 Å². The van der Waals surface area contributed by atoms with Crippen molar-refractivity contribution >= 4 is 49.8 Å². The molecule has 0 spiro atoms. The van der Waals surface area contributed by atoms with Gasteiger partial charge in [0, 0.05) is 0 Å². The minimum absolute atomic E-state index is 0.0367. The molecule has 0 aliphatic heterocycles. The van der Waals surface area contributed by atoms with Gasteiger partial charge in [0.25, 0.3) is 11.8 Å². The van der Waals surface area contributed by atoms with E-state index in [1.54, 1.807) is 11.4 Å². The molecule has 138 valence electrons. The maximum absolute atomic E-state index is 12.1. The highest BCUT2D eigenvalue weighted by atomic mass is 32.2. The van der Waals surface area contributed by atoms with E-state index in [-0.39, 0.29) is 21.8 Å². The molecule has 0 fully saturated rings. The fourth-order valence-electron chi connectivity index (χ4n) is 1.92. The summed E-state index contributed by atoms with van der Waals surface area (Å²) in [5, 5.41) is 4.25. The van der Waals surface area contributed by atoms with Crippen LogP contribution >= 0.6 is 11.3 Å². The van der Waals surface area contributed by atoms with E-state index in [2.05, 4.69) is 10.0 Å². The summed E-state index contributed by atoms with van der Waals surface area (Å²) in [6.07, 6.45) is 0.944. The highest BCUT2D eigenvalue weighted by molar-refractivity contribution is 7.92. The number of rotatable bonds is 7. The van der Waals surface area contributed by atoms with Gasteiger partial charge < -0.3 is 15.8 Å². The average molecular weight is 397 g/mol.